The van der Waals surface area contributed by atoms with Crippen LogP contribution >= 0.6 is 0 Å². The molecule has 1 aromatic carbocycles. The highest BCUT2D eigenvalue weighted by Crippen LogP contribution is 2.32. The second kappa shape index (κ2) is 3.33. The molecule has 0 saturated heterocycles. The number of fused-ring (bicyclic) bond motifs is 1. The van der Waals surface area contributed by atoms with E-state index in [1.807, 2.05) is 31.2 Å². The van der Waals surface area contributed by atoms with Crippen molar-refractivity contribution in [2.45, 2.75) is 20.0 Å². The van der Waals surface area contributed by atoms with E-state index in [1.165, 1.54) is 0 Å². The first-order valence-electron chi connectivity index (χ1n) is 4.72. The summed E-state index contributed by atoms with van der Waals surface area (Å²) in [5.41, 5.74) is 0.873. The average Bonchev–Trinajstić information content (AvgIpc) is 2.16. The van der Waals surface area contributed by atoms with Crippen molar-refractivity contribution >= 4 is 11.6 Å². The molecule has 14 heavy (non-hydrogen) atoms. The molecule has 1 aliphatic heterocycles. The fourth-order valence-corrected chi connectivity index (χ4v) is 1.69. The van der Waals surface area contributed by atoms with Crippen LogP contribution in [0.4, 0.5) is 5.69 Å². The summed E-state index contributed by atoms with van der Waals surface area (Å²) in [7, 11) is 0. The molecule has 1 aliphatic rings. The Bertz CT molecular complexity index is 362. The highest BCUT2D eigenvalue weighted by molar-refractivity contribution is 5.93. The number of rotatable bonds is 0. The zero-order chi connectivity index (χ0) is 10.1. The summed E-state index contributed by atoms with van der Waals surface area (Å²) >= 11 is 0. The van der Waals surface area contributed by atoms with Crippen LogP contribution in [0.15, 0.2) is 24.3 Å². The van der Waals surface area contributed by atoms with Crippen LogP contribution in [0, 0.1) is 0 Å². The third-order valence-corrected chi connectivity index (χ3v) is 2.30. The van der Waals surface area contributed by atoms with E-state index in [9.17, 15) is 4.79 Å². The van der Waals surface area contributed by atoms with Crippen molar-refractivity contribution < 1.29 is 9.53 Å². The van der Waals surface area contributed by atoms with Crippen LogP contribution in [0.25, 0.3) is 0 Å². The molecule has 0 N–H and O–H groups in total. The second-order valence-electron chi connectivity index (χ2n) is 3.53. The van der Waals surface area contributed by atoms with Crippen LogP contribution in [0.3, 0.4) is 0 Å². The fourth-order valence-electron chi connectivity index (χ4n) is 1.69. The smallest absolute Gasteiger partial charge is 0.224 e. The van der Waals surface area contributed by atoms with Crippen LogP contribution in [0.1, 0.15) is 13.8 Å². The number of hydrogen-bond donors (Lipinski definition) is 0. The largest absolute Gasteiger partial charge is 0.487 e. The van der Waals surface area contributed by atoms with Crippen LogP contribution in [-0.2, 0) is 4.79 Å². The highest BCUT2D eigenvalue weighted by atomic mass is 16.5. The Kier molecular flexibility index (Phi) is 2.15. The molecule has 74 valence electrons. The molecule has 1 atom stereocenters. The molecule has 2 rings (SSSR count). The van der Waals surface area contributed by atoms with Gasteiger partial charge in [0.25, 0.3) is 0 Å². The molecule has 0 fully saturated rings. The molecular formula is C11H13NO2. The Labute approximate surface area is 83.3 Å². The first-order chi connectivity index (χ1) is 6.68. The third-order valence-electron chi connectivity index (χ3n) is 2.30. The number of anilines is 1. The van der Waals surface area contributed by atoms with Gasteiger partial charge in [-0.05, 0) is 19.1 Å². The fraction of sp³-hybridized carbons (Fsp3) is 0.364. The normalized spacial score (nSPS) is 19.9. The minimum atomic E-state index is 0.0626. The molecule has 0 bridgehead atoms. The number of hydrogen-bond acceptors (Lipinski definition) is 2. The third kappa shape index (κ3) is 1.45. The van der Waals surface area contributed by atoms with Gasteiger partial charge in [-0.2, -0.15) is 0 Å². The minimum Gasteiger partial charge on any atom is -0.487 e. The van der Waals surface area contributed by atoms with Crippen LogP contribution < -0.4 is 9.64 Å². The summed E-state index contributed by atoms with van der Waals surface area (Å²) in [6, 6.07) is 7.62. The van der Waals surface area contributed by atoms with Crippen LogP contribution in [0.5, 0.6) is 5.75 Å². The molecule has 0 unspecified atom stereocenters. The van der Waals surface area contributed by atoms with Gasteiger partial charge < -0.3 is 9.64 Å². The monoisotopic (exact) mass is 191 g/mol. The maximum Gasteiger partial charge on any atom is 0.224 e. The maximum absolute atomic E-state index is 11.4. The summed E-state index contributed by atoms with van der Waals surface area (Å²) in [6.45, 7) is 4.17. The van der Waals surface area contributed by atoms with E-state index in [1.54, 1.807) is 11.8 Å². The predicted molar refractivity (Wildman–Crippen MR) is 54.6 cm³/mol. The lowest BCUT2D eigenvalue weighted by Crippen LogP contribution is -2.41. The Balaban J connectivity index is 2.43. The Hall–Kier alpha value is -1.51. The van der Waals surface area contributed by atoms with Crippen LogP contribution in [-0.4, -0.2) is 18.6 Å². The zero-order valence-electron chi connectivity index (χ0n) is 8.36. The molecule has 0 aliphatic carbocycles. The van der Waals surface area contributed by atoms with E-state index in [-0.39, 0.29) is 12.0 Å². The molecule has 3 heteroatoms. The molecule has 1 amide bonds. The highest BCUT2D eigenvalue weighted by Gasteiger charge is 2.24. The molecule has 0 spiro atoms. The summed E-state index contributed by atoms with van der Waals surface area (Å²) in [5, 5.41) is 0. The van der Waals surface area contributed by atoms with Gasteiger partial charge in [0, 0.05) is 6.92 Å². The van der Waals surface area contributed by atoms with Crippen molar-refractivity contribution in [1.29, 1.82) is 0 Å². The Morgan fingerprint density at radius 3 is 2.93 bits per heavy atom. The van der Waals surface area contributed by atoms with Crippen molar-refractivity contribution in [2.75, 3.05) is 11.4 Å². The van der Waals surface area contributed by atoms with Crippen molar-refractivity contribution in [3.8, 4) is 5.75 Å². The molecule has 0 saturated carbocycles. The quantitative estimate of drug-likeness (QED) is 0.626. The summed E-state index contributed by atoms with van der Waals surface area (Å²) in [4.78, 5) is 13.1. The standard InChI is InChI=1S/C11H13NO2/c1-8-7-12(9(2)13)10-5-3-4-6-11(10)14-8/h3-6,8H,7H2,1-2H3/t8-/m0/s1. The number of benzene rings is 1. The van der Waals surface area contributed by atoms with Gasteiger partial charge >= 0.3 is 0 Å². The van der Waals surface area contributed by atoms with Gasteiger partial charge in [0.1, 0.15) is 11.9 Å². The lowest BCUT2D eigenvalue weighted by atomic mass is 10.2. The van der Waals surface area contributed by atoms with Crippen molar-refractivity contribution in [1.82, 2.24) is 0 Å². The van der Waals surface area contributed by atoms with E-state index in [4.69, 9.17) is 4.74 Å². The molecule has 1 heterocycles. The Morgan fingerprint density at radius 2 is 2.21 bits per heavy atom. The molecule has 0 radical (unpaired) electrons. The zero-order valence-corrected chi connectivity index (χ0v) is 8.36. The number of nitrogens with zero attached hydrogens (tertiary/aromatic N) is 1. The van der Waals surface area contributed by atoms with E-state index >= 15 is 0 Å². The van der Waals surface area contributed by atoms with Gasteiger partial charge in [-0.15, -0.1) is 0 Å². The molecule has 0 aromatic heterocycles. The van der Waals surface area contributed by atoms with Crippen LogP contribution in [0.2, 0.25) is 0 Å². The van der Waals surface area contributed by atoms with E-state index < -0.39 is 0 Å². The maximum atomic E-state index is 11.4. The average molecular weight is 191 g/mol. The van der Waals surface area contributed by atoms with E-state index in [0.717, 1.165) is 11.4 Å². The van der Waals surface area contributed by atoms with Gasteiger partial charge in [0.05, 0.1) is 12.2 Å². The minimum absolute atomic E-state index is 0.0626. The van der Waals surface area contributed by atoms with Gasteiger partial charge in [-0.25, -0.2) is 0 Å². The number of amides is 1. The van der Waals surface area contributed by atoms with Gasteiger partial charge in [0.2, 0.25) is 5.91 Å². The lowest BCUT2D eigenvalue weighted by Gasteiger charge is -2.32. The number of carbonyl (C=O) groups is 1. The molecule has 1 aromatic rings. The van der Waals surface area contributed by atoms with Crippen molar-refractivity contribution in [2.24, 2.45) is 0 Å². The van der Waals surface area contributed by atoms with Gasteiger partial charge in [0.15, 0.2) is 0 Å². The van der Waals surface area contributed by atoms with E-state index in [0.29, 0.717) is 6.54 Å². The first-order valence-corrected chi connectivity index (χ1v) is 4.72. The lowest BCUT2D eigenvalue weighted by molar-refractivity contribution is -0.117. The summed E-state index contributed by atoms with van der Waals surface area (Å²) in [5.74, 6) is 0.856. The van der Waals surface area contributed by atoms with Crippen molar-refractivity contribution in [3.63, 3.8) is 0 Å². The number of ether oxygens (including phenoxy) is 1. The second-order valence-corrected chi connectivity index (χ2v) is 3.53. The Morgan fingerprint density at radius 1 is 1.50 bits per heavy atom. The first kappa shape index (κ1) is 9.06. The van der Waals surface area contributed by atoms with Gasteiger partial charge in [-0.1, -0.05) is 12.1 Å². The summed E-state index contributed by atoms with van der Waals surface area (Å²) in [6.07, 6.45) is 0.0637. The molecule has 3 nitrogen and oxygen atoms in total. The predicted octanol–water partition coefficient (Wildman–Crippen LogP) is 1.82. The number of carbonyl (C=O) groups excluding carboxylic acids is 1. The molecular weight excluding hydrogens is 178 g/mol. The van der Waals surface area contributed by atoms with Crippen molar-refractivity contribution in [3.05, 3.63) is 24.3 Å². The number of para-hydroxylation sites is 2. The SMILES string of the molecule is CC(=O)N1C[C@H](C)Oc2ccccc21. The summed E-state index contributed by atoms with van der Waals surface area (Å²) < 4.78 is 5.62. The van der Waals surface area contributed by atoms with Gasteiger partial charge in [-0.3, -0.25) is 4.79 Å². The van der Waals surface area contributed by atoms with E-state index in [2.05, 4.69) is 0 Å². The topological polar surface area (TPSA) is 29.5 Å².